The minimum Gasteiger partial charge on any atom is -0.351 e. The number of hydrogen-bond acceptors (Lipinski definition) is 7. The molecule has 2 aliphatic heterocycles. The summed E-state index contributed by atoms with van der Waals surface area (Å²) in [6, 6.07) is 9.67. The van der Waals surface area contributed by atoms with E-state index in [0.717, 1.165) is 31.1 Å². The molecule has 0 aliphatic carbocycles. The molecule has 3 heterocycles. The lowest BCUT2D eigenvalue weighted by Crippen LogP contribution is -2.42. The molecule has 0 radical (unpaired) electrons. The summed E-state index contributed by atoms with van der Waals surface area (Å²) in [4.78, 5) is 16.6. The standard InChI is InChI=1S/C21H30N6O3S2/c1-24(14-20(28)22-17-9-12-32(29,30)15-17)16-26-21(31)27(18-7-3-2-4-8-18)19(23-26)13-25-10-5-6-11-25/h2-4,7-8,17H,5-6,9-16H2,1H3,(H,22,28). The molecule has 11 heteroatoms. The molecule has 32 heavy (non-hydrogen) atoms. The Morgan fingerprint density at radius 3 is 2.62 bits per heavy atom. The minimum atomic E-state index is -3.03. The van der Waals surface area contributed by atoms with Crippen LogP contribution in [0.25, 0.3) is 5.69 Å². The third-order valence-electron chi connectivity index (χ3n) is 5.87. The fourth-order valence-electron chi connectivity index (χ4n) is 4.33. The number of para-hydroxylation sites is 1. The van der Waals surface area contributed by atoms with E-state index < -0.39 is 9.84 Å². The minimum absolute atomic E-state index is 0.0227. The second-order valence-corrected chi connectivity index (χ2v) is 11.3. The first kappa shape index (κ1) is 23.1. The highest BCUT2D eigenvalue weighted by atomic mass is 32.2. The van der Waals surface area contributed by atoms with Crippen LogP contribution in [0.2, 0.25) is 0 Å². The third kappa shape index (κ3) is 5.64. The number of rotatable bonds is 8. The lowest BCUT2D eigenvalue weighted by molar-refractivity contribution is -0.122. The van der Waals surface area contributed by atoms with Crippen LogP contribution in [0, 0.1) is 4.77 Å². The van der Waals surface area contributed by atoms with Gasteiger partial charge in [-0.3, -0.25) is 19.2 Å². The maximum absolute atomic E-state index is 12.4. The first-order valence-corrected chi connectivity index (χ1v) is 13.2. The summed E-state index contributed by atoms with van der Waals surface area (Å²) >= 11 is 5.76. The molecule has 1 amide bonds. The molecule has 9 nitrogen and oxygen atoms in total. The van der Waals surface area contributed by atoms with Gasteiger partial charge in [-0.2, -0.15) is 5.10 Å². The molecule has 4 rings (SSSR count). The van der Waals surface area contributed by atoms with Crippen LogP contribution in [-0.2, 0) is 27.8 Å². The summed E-state index contributed by atoms with van der Waals surface area (Å²) in [6.45, 7) is 3.35. The fourth-order valence-corrected chi connectivity index (χ4v) is 6.31. The predicted octanol–water partition coefficient (Wildman–Crippen LogP) is 1.19. The number of hydrogen-bond donors (Lipinski definition) is 1. The maximum Gasteiger partial charge on any atom is 0.234 e. The number of aromatic nitrogens is 3. The van der Waals surface area contributed by atoms with Gasteiger partial charge in [-0.05, 0) is 63.8 Å². The highest BCUT2D eigenvalue weighted by Crippen LogP contribution is 2.17. The number of benzene rings is 1. The average Bonchev–Trinajstić information content (AvgIpc) is 3.43. The molecule has 1 aromatic heterocycles. The first-order chi connectivity index (χ1) is 15.3. The lowest BCUT2D eigenvalue weighted by Gasteiger charge is -2.18. The van der Waals surface area contributed by atoms with Gasteiger partial charge in [0.1, 0.15) is 0 Å². The van der Waals surface area contributed by atoms with Crippen LogP contribution in [-0.4, -0.2) is 82.7 Å². The average molecular weight is 479 g/mol. The van der Waals surface area contributed by atoms with E-state index in [1.165, 1.54) is 12.8 Å². The van der Waals surface area contributed by atoms with Crippen molar-refractivity contribution in [2.24, 2.45) is 0 Å². The molecule has 2 saturated heterocycles. The zero-order chi connectivity index (χ0) is 22.7. The zero-order valence-corrected chi connectivity index (χ0v) is 19.9. The number of likely N-dealkylation sites (tertiary alicyclic amines) is 1. The molecule has 0 bridgehead atoms. The molecule has 2 aromatic rings. The summed E-state index contributed by atoms with van der Waals surface area (Å²) < 4.78 is 27.6. The van der Waals surface area contributed by atoms with Crippen molar-refractivity contribution in [2.75, 3.05) is 38.2 Å². The van der Waals surface area contributed by atoms with Crippen LogP contribution >= 0.6 is 12.2 Å². The van der Waals surface area contributed by atoms with E-state index in [0.29, 0.717) is 17.9 Å². The molecule has 2 fully saturated rings. The van der Waals surface area contributed by atoms with Crippen molar-refractivity contribution >= 4 is 28.0 Å². The van der Waals surface area contributed by atoms with E-state index in [2.05, 4.69) is 10.2 Å². The molecule has 1 aromatic carbocycles. The molecule has 2 aliphatic rings. The van der Waals surface area contributed by atoms with Gasteiger partial charge >= 0.3 is 0 Å². The zero-order valence-electron chi connectivity index (χ0n) is 18.3. The molecule has 0 spiro atoms. The SMILES string of the molecule is CN(CC(=O)NC1CCS(=O)(=O)C1)Cn1nc(CN2CCCC2)n(-c2ccccc2)c1=S. The quantitative estimate of drug-likeness (QED) is 0.570. The third-order valence-corrected chi connectivity index (χ3v) is 8.03. The fraction of sp³-hybridized carbons (Fsp3) is 0.571. The van der Waals surface area contributed by atoms with Gasteiger partial charge in [0.05, 0.1) is 31.3 Å². The van der Waals surface area contributed by atoms with Gasteiger partial charge < -0.3 is 5.32 Å². The second-order valence-electron chi connectivity index (χ2n) is 8.68. The van der Waals surface area contributed by atoms with Crippen molar-refractivity contribution in [3.05, 3.63) is 40.9 Å². The molecule has 174 valence electrons. The molecular formula is C21H30N6O3S2. The van der Waals surface area contributed by atoms with E-state index in [1.54, 1.807) is 4.68 Å². The lowest BCUT2D eigenvalue weighted by atomic mass is 10.2. The van der Waals surface area contributed by atoms with Crippen LogP contribution in [0.1, 0.15) is 25.1 Å². The van der Waals surface area contributed by atoms with Crippen LogP contribution in [0.15, 0.2) is 30.3 Å². The maximum atomic E-state index is 12.4. The van der Waals surface area contributed by atoms with Crippen LogP contribution < -0.4 is 5.32 Å². The summed E-state index contributed by atoms with van der Waals surface area (Å²) in [5.41, 5.74) is 0.973. The van der Waals surface area contributed by atoms with Crippen molar-refractivity contribution < 1.29 is 13.2 Å². The number of carbonyl (C=O) groups is 1. The number of nitrogens with one attached hydrogen (secondary N) is 1. The highest BCUT2D eigenvalue weighted by molar-refractivity contribution is 7.91. The molecular weight excluding hydrogens is 448 g/mol. The van der Waals surface area contributed by atoms with Gasteiger partial charge in [-0.15, -0.1) is 0 Å². The van der Waals surface area contributed by atoms with Gasteiger partial charge in [0.25, 0.3) is 0 Å². The number of sulfone groups is 1. The Bertz CT molecular complexity index is 1110. The summed E-state index contributed by atoms with van der Waals surface area (Å²) in [7, 11) is -1.20. The number of amides is 1. The predicted molar refractivity (Wildman–Crippen MR) is 125 cm³/mol. The Hall–Kier alpha value is -2.08. The Labute approximate surface area is 193 Å². The van der Waals surface area contributed by atoms with Crippen molar-refractivity contribution in [1.82, 2.24) is 29.5 Å². The Kier molecular flexibility index (Phi) is 7.08. The molecule has 1 N–H and O–H groups in total. The first-order valence-electron chi connectivity index (χ1n) is 11.0. The van der Waals surface area contributed by atoms with Gasteiger partial charge in [0.2, 0.25) is 10.7 Å². The van der Waals surface area contributed by atoms with Crippen molar-refractivity contribution in [3.8, 4) is 5.69 Å². The van der Waals surface area contributed by atoms with Gasteiger partial charge in [-0.1, -0.05) is 18.2 Å². The van der Waals surface area contributed by atoms with Crippen molar-refractivity contribution in [2.45, 2.75) is 38.5 Å². The highest BCUT2D eigenvalue weighted by Gasteiger charge is 2.29. The Balaban J connectivity index is 1.46. The van der Waals surface area contributed by atoms with Gasteiger partial charge in [0.15, 0.2) is 15.7 Å². The molecule has 0 saturated carbocycles. The number of nitrogens with zero attached hydrogens (tertiary/aromatic N) is 5. The van der Waals surface area contributed by atoms with Crippen LogP contribution in [0.3, 0.4) is 0 Å². The smallest absolute Gasteiger partial charge is 0.234 e. The monoisotopic (exact) mass is 478 g/mol. The summed E-state index contributed by atoms with van der Waals surface area (Å²) in [5, 5.41) is 7.63. The Morgan fingerprint density at radius 2 is 1.97 bits per heavy atom. The molecule has 1 unspecified atom stereocenters. The van der Waals surface area contributed by atoms with E-state index in [-0.39, 0.29) is 30.0 Å². The largest absolute Gasteiger partial charge is 0.351 e. The van der Waals surface area contributed by atoms with E-state index >= 15 is 0 Å². The van der Waals surface area contributed by atoms with E-state index in [9.17, 15) is 13.2 Å². The van der Waals surface area contributed by atoms with E-state index in [4.69, 9.17) is 17.3 Å². The Morgan fingerprint density at radius 1 is 1.25 bits per heavy atom. The van der Waals surface area contributed by atoms with Gasteiger partial charge in [0, 0.05) is 11.7 Å². The number of carbonyl (C=O) groups excluding carboxylic acids is 1. The van der Waals surface area contributed by atoms with Gasteiger partial charge in [-0.25, -0.2) is 13.1 Å². The normalized spacial score (nSPS) is 20.8. The molecule has 1 atom stereocenters. The van der Waals surface area contributed by atoms with E-state index in [1.807, 2.05) is 46.8 Å². The summed E-state index contributed by atoms with van der Waals surface area (Å²) in [6.07, 6.45) is 2.88. The van der Waals surface area contributed by atoms with Crippen LogP contribution in [0.4, 0.5) is 0 Å². The van der Waals surface area contributed by atoms with Crippen molar-refractivity contribution in [3.63, 3.8) is 0 Å². The van der Waals surface area contributed by atoms with Crippen LogP contribution in [0.5, 0.6) is 0 Å². The topological polar surface area (TPSA) is 92.5 Å². The van der Waals surface area contributed by atoms with Crippen molar-refractivity contribution in [1.29, 1.82) is 0 Å². The number of likely N-dealkylation sites (N-methyl/N-ethyl adjacent to an activating group) is 1. The second kappa shape index (κ2) is 9.82. The summed E-state index contributed by atoms with van der Waals surface area (Å²) in [5.74, 6) is 0.854.